The summed E-state index contributed by atoms with van der Waals surface area (Å²) >= 11 is 0. The predicted octanol–water partition coefficient (Wildman–Crippen LogP) is 3.78. The number of esters is 1. The lowest BCUT2D eigenvalue weighted by Gasteiger charge is -2.30. The monoisotopic (exact) mass is 338 g/mol. The highest BCUT2D eigenvalue weighted by molar-refractivity contribution is 6.19. The number of Topliss-reactive ketones (excluding diaryl/α,β-unsaturated/α-hetero) is 1. The Hall–Kier alpha value is -1.78. The van der Waals surface area contributed by atoms with E-state index >= 15 is 0 Å². The molecule has 136 valence electrons. The molecule has 2 unspecified atom stereocenters. The molecular formula is C19H30O5. The Morgan fingerprint density at radius 1 is 0.917 bits per heavy atom. The van der Waals surface area contributed by atoms with E-state index in [0.717, 1.165) is 12.8 Å². The van der Waals surface area contributed by atoms with Crippen molar-refractivity contribution in [3.63, 3.8) is 0 Å². The fraction of sp³-hybridized carbons (Fsp3) is 0.684. The van der Waals surface area contributed by atoms with Gasteiger partial charge in [-0.1, -0.05) is 27.7 Å². The van der Waals surface area contributed by atoms with Gasteiger partial charge >= 0.3 is 5.97 Å². The van der Waals surface area contributed by atoms with Crippen molar-refractivity contribution < 1.29 is 23.8 Å². The van der Waals surface area contributed by atoms with Gasteiger partial charge in [-0.05, 0) is 38.5 Å². The van der Waals surface area contributed by atoms with Crippen molar-refractivity contribution in [3.8, 4) is 0 Å². The van der Waals surface area contributed by atoms with Crippen LogP contribution in [0.1, 0.15) is 54.4 Å². The summed E-state index contributed by atoms with van der Waals surface area (Å²) in [6.45, 7) is 12.3. The molecular weight excluding hydrogens is 308 g/mol. The number of ether oxygens (including phenoxy) is 3. The second-order valence-electron chi connectivity index (χ2n) is 7.18. The summed E-state index contributed by atoms with van der Waals surface area (Å²) in [6.07, 6.45) is 2.68. The van der Waals surface area contributed by atoms with Gasteiger partial charge in [0, 0.05) is 6.08 Å². The molecule has 0 bridgehead atoms. The van der Waals surface area contributed by atoms with Gasteiger partial charge in [0.25, 0.3) is 0 Å². The molecule has 0 aromatic carbocycles. The molecule has 0 heterocycles. The zero-order chi connectivity index (χ0) is 18.4. The van der Waals surface area contributed by atoms with Gasteiger partial charge in [0.05, 0.1) is 24.9 Å². The van der Waals surface area contributed by atoms with Crippen molar-refractivity contribution in [2.75, 3.05) is 7.11 Å². The van der Waals surface area contributed by atoms with E-state index in [1.165, 1.54) is 13.2 Å². The maximum atomic E-state index is 12.3. The average molecular weight is 338 g/mol. The molecule has 5 nitrogen and oxygen atoms in total. The summed E-state index contributed by atoms with van der Waals surface area (Å²) in [5.41, 5.74) is 0.226. The van der Waals surface area contributed by atoms with Crippen LogP contribution in [0.4, 0.5) is 0 Å². The molecule has 0 aromatic rings. The normalized spacial score (nSPS) is 18.7. The third-order valence-electron chi connectivity index (χ3n) is 3.61. The summed E-state index contributed by atoms with van der Waals surface area (Å²) in [7, 11) is 1.27. The van der Waals surface area contributed by atoms with Crippen molar-refractivity contribution in [1.29, 1.82) is 0 Å². The first-order valence-electron chi connectivity index (χ1n) is 8.57. The van der Waals surface area contributed by atoms with E-state index in [2.05, 4.69) is 32.4 Å². The van der Waals surface area contributed by atoms with Gasteiger partial charge in [0.1, 0.15) is 0 Å². The second kappa shape index (κ2) is 8.90. The van der Waals surface area contributed by atoms with Crippen LogP contribution in [-0.4, -0.2) is 31.1 Å². The Morgan fingerprint density at radius 3 is 1.79 bits per heavy atom. The standard InChI is InChI=1S/C19H30O5/c1-11(2)8-13(5)23-18-15(10-16(20)22-7)17(21)19(18)24-14(6)9-12(3)4/h10-14H,8-9H2,1-7H3/b15-10-. The average Bonchev–Trinajstić information content (AvgIpc) is 2.47. The van der Waals surface area contributed by atoms with E-state index in [1.807, 2.05) is 13.8 Å². The maximum Gasteiger partial charge on any atom is 0.331 e. The van der Waals surface area contributed by atoms with Crippen molar-refractivity contribution in [2.24, 2.45) is 11.8 Å². The highest BCUT2D eigenvalue weighted by atomic mass is 16.5. The number of allylic oxidation sites excluding steroid dienone is 2. The van der Waals surface area contributed by atoms with Crippen LogP contribution < -0.4 is 0 Å². The SMILES string of the molecule is COC(=O)/C=C1/C(=O)C(OC(C)CC(C)C)=C1OC(C)CC(C)C. The zero-order valence-corrected chi connectivity index (χ0v) is 15.8. The summed E-state index contributed by atoms with van der Waals surface area (Å²) in [5.74, 6) is 0.634. The fourth-order valence-electron chi connectivity index (χ4n) is 2.75. The van der Waals surface area contributed by atoms with Crippen LogP contribution in [0.2, 0.25) is 0 Å². The molecule has 5 heteroatoms. The van der Waals surface area contributed by atoms with Crippen LogP contribution in [0.15, 0.2) is 23.2 Å². The zero-order valence-electron chi connectivity index (χ0n) is 15.8. The Morgan fingerprint density at radius 2 is 1.38 bits per heavy atom. The van der Waals surface area contributed by atoms with Crippen LogP contribution in [0, 0.1) is 11.8 Å². The molecule has 0 saturated heterocycles. The van der Waals surface area contributed by atoms with Crippen LogP contribution in [0.3, 0.4) is 0 Å². The van der Waals surface area contributed by atoms with Crippen molar-refractivity contribution in [3.05, 3.63) is 23.2 Å². The van der Waals surface area contributed by atoms with Gasteiger partial charge in [-0.15, -0.1) is 0 Å². The summed E-state index contributed by atoms with van der Waals surface area (Å²) in [4.78, 5) is 23.8. The van der Waals surface area contributed by atoms with E-state index in [4.69, 9.17) is 9.47 Å². The smallest absolute Gasteiger partial charge is 0.331 e. The maximum absolute atomic E-state index is 12.3. The van der Waals surface area contributed by atoms with E-state index in [9.17, 15) is 9.59 Å². The second-order valence-corrected chi connectivity index (χ2v) is 7.18. The van der Waals surface area contributed by atoms with E-state index in [0.29, 0.717) is 17.6 Å². The van der Waals surface area contributed by atoms with Crippen LogP contribution >= 0.6 is 0 Å². The Labute approximate surface area is 145 Å². The minimum Gasteiger partial charge on any atom is -0.486 e. The van der Waals surface area contributed by atoms with Gasteiger partial charge in [-0.3, -0.25) is 4.79 Å². The molecule has 2 atom stereocenters. The van der Waals surface area contributed by atoms with E-state index < -0.39 is 5.97 Å². The minimum absolute atomic E-state index is 0.0758. The molecule has 0 spiro atoms. The third-order valence-corrected chi connectivity index (χ3v) is 3.61. The van der Waals surface area contributed by atoms with Gasteiger partial charge in [0.2, 0.25) is 11.5 Å². The molecule has 24 heavy (non-hydrogen) atoms. The number of carbonyl (C=O) groups excluding carboxylic acids is 2. The number of ketones is 1. The molecule has 0 N–H and O–H groups in total. The number of carbonyl (C=O) groups is 2. The predicted molar refractivity (Wildman–Crippen MR) is 92.1 cm³/mol. The molecule has 0 amide bonds. The minimum atomic E-state index is -0.578. The topological polar surface area (TPSA) is 61.8 Å². The van der Waals surface area contributed by atoms with Gasteiger partial charge in [0.15, 0.2) is 5.76 Å². The molecule has 1 rings (SSSR count). The third kappa shape index (κ3) is 5.69. The first kappa shape index (κ1) is 20.3. The number of methoxy groups -OCH3 is 1. The lowest BCUT2D eigenvalue weighted by molar-refractivity contribution is -0.135. The quantitative estimate of drug-likeness (QED) is 0.473. The summed E-state index contributed by atoms with van der Waals surface area (Å²) in [5, 5.41) is 0. The summed E-state index contributed by atoms with van der Waals surface area (Å²) < 4.78 is 16.3. The van der Waals surface area contributed by atoms with Gasteiger partial charge < -0.3 is 14.2 Å². The highest BCUT2D eigenvalue weighted by Gasteiger charge is 2.40. The van der Waals surface area contributed by atoms with Crippen LogP contribution in [-0.2, 0) is 23.8 Å². The Bertz CT molecular complexity index is 528. The van der Waals surface area contributed by atoms with Crippen molar-refractivity contribution in [1.82, 2.24) is 0 Å². The highest BCUT2D eigenvalue weighted by Crippen LogP contribution is 2.35. The fourth-order valence-corrected chi connectivity index (χ4v) is 2.75. The Balaban J connectivity index is 2.99. The van der Waals surface area contributed by atoms with Crippen LogP contribution in [0.5, 0.6) is 0 Å². The molecule has 0 radical (unpaired) electrons. The van der Waals surface area contributed by atoms with Gasteiger partial charge in [-0.25, -0.2) is 4.79 Å². The number of hydrogen-bond donors (Lipinski definition) is 0. The molecule has 0 saturated carbocycles. The Kier molecular flexibility index (Phi) is 7.52. The van der Waals surface area contributed by atoms with E-state index in [-0.39, 0.29) is 29.3 Å². The number of rotatable bonds is 9. The van der Waals surface area contributed by atoms with E-state index in [1.54, 1.807) is 0 Å². The lowest BCUT2D eigenvalue weighted by atomic mass is 9.94. The number of hydrogen-bond acceptors (Lipinski definition) is 5. The van der Waals surface area contributed by atoms with Gasteiger partial charge in [-0.2, -0.15) is 0 Å². The molecule has 0 aromatic heterocycles. The molecule has 0 fully saturated rings. The molecule has 1 aliphatic carbocycles. The lowest BCUT2D eigenvalue weighted by Crippen LogP contribution is -2.31. The van der Waals surface area contributed by atoms with Crippen molar-refractivity contribution in [2.45, 2.75) is 66.6 Å². The first-order valence-corrected chi connectivity index (χ1v) is 8.57. The largest absolute Gasteiger partial charge is 0.486 e. The molecule has 0 aliphatic heterocycles. The first-order chi connectivity index (χ1) is 11.1. The van der Waals surface area contributed by atoms with Crippen LogP contribution in [0.25, 0.3) is 0 Å². The molecule has 1 aliphatic rings. The summed E-state index contributed by atoms with van der Waals surface area (Å²) in [6, 6.07) is 0. The van der Waals surface area contributed by atoms with Crippen molar-refractivity contribution >= 4 is 11.8 Å².